The van der Waals surface area contributed by atoms with E-state index in [-0.39, 0.29) is 5.69 Å². The molecule has 0 amide bonds. The summed E-state index contributed by atoms with van der Waals surface area (Å²) in [6, 6.07) is 6.41. The summed E-state index contributed by atoms with van der Waals surface area (Å²) in [6.07, 6.45) is 3.96. The maximum absolute atomic E-state index is 10.3. The molecule has 68 valence electrons. The molecule has 0 aliphatic heterocycles. The molecule has 0 saturated carbocycles. The summed E-state index contributed by atoms with van der Waals surface area (Å²) in [5.41, 5.74) is 6.28. The predicted molar refractivity (Wildman–Crippen MR) is 50.1 cm³/mol. The van der Waals surface area contributed by atoms with E-state index in [0.29, 0.717) is 6.42 Å². The predicted octanol–water partition coefficient (Wildman–Crippen LogP) is 1.61. The monoisotopic (exact) mass is 178 g/mol. The SMILES string of the molecule is N/C=C/Cc1ccc([N+](=O)[O-])cc1. The molecular weight excluding hydrogens is 168 g/mol. The third-order valence-corrected chi connectivity index (χ3v) is 1.64. The molecule has 0 fully saturated rings. The van der Waals surface area contributed by atoms with Crippen molar-refractivity contribution in [3.05, 3.63) is 52.2 Å². The average molecular weight is 178 g/mol. The van der Waals surface area contributed by atoms with E-state index in [0.717, 1.165) is 5.56 Å². The number of nitro benzene ring substituents is 1. The van der Waals surface area contributed by atoms with Crippen LogP contribution >= 0.6 is 0 Å². The zero-order valence-corrected chi connectivity index (χ0v) is 7.01. The van der Waals surface area contributed by atoms with Gasteiger partial charge in [-0.25, -0.2) is 0 Å². The van der Waals surface area contributed by atoms with Crippen LogP contribution < -0.4 is 5.73 Å². The Morgan fingerprint density at radius 3 is 2.46 bits per heavy atom. The van der Waals surface area contributed by atoms with Crippen LogP contribution in [0.1, 0.15) is 5.56 Å². The van der Waals surface area contributed by atoms with Crippen molar-refractivity contribution in [3.63, 3.8) is 0 Å². The lowest BCUT2D eigenvalue weighted by molar-refractivity contribution is -0.384. The number of non-ortho nitro benzene ring substituents is 1. The second-order valence-electron chi connectivity index (χ2n) is 2.56. The molecule has 0 aliphatic carbocycles. The molecular formula is C9H10N2O2. The summed E-state index contributed by atoms with van der Waals surface area (Å²) in [6.45, 7) is 0. The molecule has 1 rings (SSSR count). The number of allylic oxidation sites excluding steroid dienone is 1. The highest BCUT2D eigenvalue weighted by Crippen LogP contribution is 2.12. The Bertz CT molecular complexity index is 317. The first-order chi connectivity index (χ1) is 6.24. The van der Waals surface area contributed by atoms with E-state index in [4.69, 9.17) is 5.73 Å². The molecule has 1 aromatic rings. The van der Waals surface area contributed by atoms with Crippen molar-refractivity contribution >= 4 is 5.69 Å². The maximum Gasteiger partial charge on any atom is 0.269 e. The van der Waals surface area contributed by atoms with Crippen LogP contribution in [0.4, 0.5) is 5.69 Å². The lowest BCUT2D eigenvalue weighted by atomic mass is 10.1. The number of hydrogen-bond donors (Lipinski definition) is 1. The lowest BCUT2D eigenvalue weighted by Crippen LogP contribution is -1.88. The number of nitrogens with two attached hydrogens (primary N) is 1. The molecule has 0 saturated heterocycles. The summed E-state index contributed by atoms with van der Waals surface area (Å²) in [7, 11) is 0. The van der Waals surface area contributed by atoms with Crippen LogP contribution in [0, 0.1) is 10.1 Å². The van der Waals surface area contributed by atoms with Crippen LogP contribution in [0.5, 0.6) is 0 Å². The van der Waals surface area contributed by atoms with Gasteiger partial charge in [0.25, 0.3) is 5.69 Å². The Morgan fingerprint density at radius 1 is 1.38 bits per heavy atom. The largest absolute Gasteiger partial charge is 0.405 e. The van der Waals surface area contributed by atoms with Gasteiger partial charge in [-0.1, -0.05) is 18.2 Å². The highest BCUT2D eigenvalue weighted by molar-refractivity contribution is 5.33. The minimum absolute atomic E-state index is 0.112. The third kappa shape index (κ3) is 2.59. The van der Waals surface area contributed by atoms with Gasteiger partial charge in [-0.15, -0.1) is 0 Å². The van der Waals surface area contributed by atoms with Crippen LogP contribution in [0.3, 0.4) is 0 Å². The van der Waals surface area contributed by atoms with E-state index < -0.39 is 4.92 Å². The first-order valence-corrected chi connectivity index (χ1v) is 3.84. The van der Waals surface area contributed by atoms with E-state index in [1.54, 1.807) is 18.2 Å². The van der Waals surface area contributed by atoms with Crippen molar-refractivity contribution in [1.29, 1.82) is 0 Å². The summed E-state index contributed by atoms with van der Waals surface area (Å²) in [5, 5.41) is 10.3. The van der Waals surface area contributed by atoms with Gasteiger partial charge in [0.2, 0.25) is 0 Å². The van der Waals surface area contributed by atoms with Crippen molar-refractivity contribution in [2.45, 2.75) is 6.42 Å². The van der Waals surface area contributed by atoms with E-state index >= 15 is 0 Å². The highest BCUT2D eigenvalue weighted by Gasteiger charge is 2.02. The Morgan fingerprint density at radius 2 is 2.00 bits per heavy atom. The molecule has 2 N–H and O–H groups in total. The number of nitrogens with zero attached hydrogens (tertiary/aromatic N) is 1. The van der Waals surface area contributed by atoms with Crippen LogP contribution in [0.15, 0.2) is 36.5 Å². The van der Waals surface area contributed by atoms with Crippen LogP contribution in [0.25, 0.3) is 0 Å². The number of benzene rings is 1. The first kappa shape index (κ1) is 9.25. The Hall–Kier alpha value is -1.84. The van der Waals surface area contributed by atoms with E-state index in [2.05, 4.69) is 0 Å². The molecule has 4 nitrogen and oxygen atoms in total. The molecule has 0 aliphatic rings. The zero-order chi connectivity index (χ0) is 9.68. The molecule has 0 radical (unpaired) electrons. The summed E-state index contributed by atoms with van der Waals surface area (Å²) >= 11 is 0. The first-order valence-electron chi connectivity index (χ1n) is 3.84. The normalized spacial score (nSPS) is 10.5. The molecule has 13 heavy (non-hydrogen) atoms. The van der Waals surface area contributed by atoms with Crippen LogP contribution in [-0.2, 0) is 6.42 Å². The van der Waals surface area contributed by atoms with Gasteiger partial charge in [0.15, 0.2) is 0 Å². The van der Waals surface area contributed by atoms with Crippen molar-refractivity contribution in [1.82, 2.24) is 0 Å². The standard InChI is InChI=1S/C9H10N2O2/c10-7-1-2-8-3-5-9(6-4-8)11(12)13/h1,3-7H,2,10H2/b7-1+. The van der Waals surface area contributed by atoms with Gasteiger partial charge < -0.3 is 5.73 Å². The van der Waals surface area contributed by atoms with Crippen molar-refractivity contribution < 1.29 is 4.92 Å². The Balaban J connectivity index is 2.75. The molecule has 0 unspecified atom stereocenters. The van der Waals surface area contributed by atoms with Crippen LogP contribution in [0.2, 0.25) is 0 Å². The summed E-state index contributed by atoms with van der Waals surface area (Å²) in [4.78, 5) is 9.88. The minimum atomic E-state index is -0.414. The minimum Gasteiger partial charge on any atom is -0.405 e. The second-order valence-corrected chi connectivity index (χ2v) is 2.56. The van der Waals surface area contributed by atoms with Gasteiger partial charge in [0.05, 0.1) is 4.92 Å². The molecule has 4 heteroatoms. The smallest absolute Gasteiger partial charge is 0.269 e. The number of nitro groups is 1. The molecule has 0 bridgehead atoms. The van der Waals surface area contributed by atoms with Gasteiger partial charge in [-0.3, -0.25) is 10.1 Å². The molecule has 0 atom stereocenters. The maximum atomic E-state index is 10.3. The molecule has 0 spiro atoms. The Labute approximate surface area is 75.8 Å². The highest BCUT2D eigenvalue weighted by atomic mass is 16.6. The van der Waals surface area contributed by atoms with E-state index in [1.165, 1.54) is 18.3 Å². The topological polar surface area (TPSA) is 69.2 Å². The van der Waals surface area contributed by atoms with Gasteiger partial charge in [0.1, 0.15) is 0 Å². The van der Waals surface area contributed by atoms with Crippen molar-refractivity contribution in [3.8, 4) is 0 Å². The summed E-state index contributed by atoms with van der Waals surface area (Å²) in [5.74, 6) is 0. The fourth-order valence-corrected chi connectivity index (χ4v) is 0.958. The van der Waals surface area contributed by atoms with Gasteiger partial charge in [0, 0.05) is 12.1 Å². The fraction of sp³-hybridized carbons (Fsp3) is 0.111. The zero-order valence-electron chi connectivity index (χ0n) is 7.01. The van der Waals surface area contributed by atoms with E-state index in [9.17, 15) is 10.1 Å². The molecule has 0 aromatic heterocycles. The summed E-state index contributed by atoms with van der Waals surface area (Å²) < 4.78 is 0. The van der Waals surface area contributed by atoms with Crippen LogP contribution in [-0.4, -0.2) is 4.92 Å². The van der Waals surface area contributed by atoms with Gasteiger partial charge in [-0.2, -0.15) is 0 Å². The number of hydrogen-bond acceptors (Lipinski definition) is 3. The Kier molecular flexibility index (Phi) is 3.03. The third-order valence-electron chi connectivity index (χ3n) is 1.64. The average Bonchev–Trinajstić information content (AvgIpc) is 2.15. The van der Waals surface area contributed by atoms with E-state index in [1.807, 2.05) is 0 Å². The number of rotatable bonds is 3. The van der Waals surface area contributed by atoms with Gasteiger partial charge >= 0.3 is 0 Å². The fourth-order valence-electron chi connectivity index (χ4n) is 0.958. The quantitative estimate of drug-likeness (QED) is 0.564. The van der Waals surface area contributed by atoms with Crippen molar-refractivity contribution in [2.24, 2.45) is 5.73 Å². The molecule has 0 heterocycles. The lowest BCUT2D eigenvalue weighted by Gasteiger charge is -1.95. The molecule has 1 aromatic carbocycles. The van der Waals surface area contributed by atoms with Crippen molar-refractivity contribution in [2.75, 3.05) is 0 Å². The van der Waals surface area contributed by atoms with Gasteiger partial charge in [-0.05, 0) is 18.2 Å². The second kappa shape index (κ2) is 4.25.